The fourth-order valence-corrected chi connectivity index (χ4v) is 5.56. The minimum absolute atomic E-state index is 0.0208. The first kappa shape index (κ1) is 29.4. The molecule has 1 saturated carbocycles. The molecule has 0 spiro atoms. The second kappa shape index (κ2) is 14.1. The Morgan fingerprint density at radius 3 is 2.51 bits per heavy atom. The number of nitrogens with one attached hydrogen (secondary N) is 2. The highest BCUT2D eigenvalue weighted by atomic mass is 35.5. The Labute approximate surface area is 237 Å². The van der Waals surface area contributed by atoms with Crippen molar-refractivity contribution in [2.75, 3.05) is 46.5 Å². The van der Waals surface area contributed by atoms with Gasteiger partial charge in [0.1, 0.15) is 5.75 Å². The van der Waals surface area contributed by atoms with Crippen molar-refractivity contribution in [2.24, 2.45) is 17.8 Å². The Kier molecular flexibility index (Phi) is 10.7. The third-order valence-electron chi connectivity index (χ3n) is 7.80. The molecule has 8 heteroatoms. The van der Waals surface area contributed by atoms with Crippen LogP contribution in [0.4, 0.5) is 0 Å². The summed E-state index contributed by atoms with van der Waals surface area (Å²) in [5.74, 6) is 1.43. The monoisotopic (exact) mass is 555 g/mol. The van der Waals surface area contributed by atoms with Crippen LogP contribution in [0.2, 0.25) is 5.02 Å². The van der Waals surface area contributed by atoms with Crippen molar-refractivity contribution < 1.29 is 19.1 Å². The van der Waals surface area contributed by atoms with E-state index in [1.54, 1.807) is 25.3 Å². The van der Waals surface area contributed by atoms with Crippen LogP contribution < -0.4 is 15.4 Å². The predicted octanol–water partition coefficient (Wildman–Crippen LogP) is 4.75. The van der Waals surface area contributed by atoms with Crippen molar-refractivity contribution in [3.05, 3.63) is 64.7 Å². The Hall–Kier alpha value is -2.61. The van der Waals surface area contributed by atoms with E-state index in [0.29, 0.717) is 48.6 Å². The van der Waals surface area contributed by atoms with Gasteiger partial charge in [-0.25, -0.2) is 0 Å². The van der Waals surface area contributed by atoms with Gasteiger partial charge in [-0.05, 0) is 68.2 Å². The Bertz CT molecular complexity index is 1090. The van der Waals surface area contributed by atoms with Gasteiger partial charge < -0.3 is 25.0 Å². The summed E-state index contributed by atoms with van der Waals surface area (Å²) < 4.78 is 10.9. The fourth-order valence-electron chi connectivity index (χ4n) is 5.39. The Balaban J connectivity index is 1.37. The summed E-state index contributed by atoms with van der Waals surface area (Å²) >= 11 is 6.33. The average Bonchev–Trinajstić information content (AvgIpc) is 3.66. The Morgan fingerprint density at radius 2 is 1.82 bits per heavy atom. The van der Waals surface area contributed by atoms with Gasteiger partial charge in [-0.15, -0.1) is 0 Å². The minimum atomic E-state index is -0.0800. The first-order chi connectivity index (χ1) is 18.9. The molecule has 2 aromatic carbocycles. The summed E-state index contributed by atoms with van der Waals surface area (Å²) in [4.78, 5) is 28.8. The lowest BCUT2D eigenvalue weighted by atomic mass is 9.91. The quantitative estimate of drug-likeness (QED) is 0.329. The summed E-state index contributed by atoms with van der Waals surface area (Å²) in [6.07, 6.45) is 2.95. The molecular formula is C31H42ClN3O4. The molecule has 1 heterocycles. The summed E-state index contributed by atoms with van der Waals surface area (Å²) in [7, 11) is 1.65. The maximum absolute atomic E-state index is 13.6. The highest BCUT2D eigenvalue weighted by molar-refractivity contribution is 6.32. The minimum Gasteiger partial charge on any atom is -0.492 e. The summed E-state index contributed by atoms with van der Waals surface area (Å²) in [5.41, 5.74) is 1.65. The number of hydrogen-bond acceptors (Lipinski definition) is 5. The lowest BCUT2D eigenvalue weighted by Crippen LogP contribution is -2.44. The predicted molar refractivity (Wildman–Crippen MR) is 154 cm³/mol. The van der Waals surface area contributed by atoms with Gasteiger partial charge in [0.2, 0.25) is 5.91 Å². The van der Waals surface area contributed by atoms with E-state index in [9.17, 15) is 9.59 Å². The van der Waals surface area contributed by atoms with Gasteiger partial charge >= 0.3 is 0 Å². The van der Waals surface area contributed by atoms with Crippen molar-refractivity contribution in [3.8, 4) is 5.75 Å². The molecule has 2 fully saturated rings. The number of hydrogen-bond donors (Lipinski definition) is 2. The lowest BCUT2D eigenvalue weighted by molar-refractivity contribution is -0.123. The number of rotatable bonds is 14. The Morgan fingerprint density at radius 1 is 1.08 bits per heavy atom. The zero-order chi connectivity index (χ0) is 27.8. The first-order valence-corrected chi connectivity index (χ1v) is 14.5. The first-order valence-electron chi connectivity index (χ1n) is 14.1. The number of benzene rings is 2. The van der Waals surface area contributed by atoms with Gasteiger partial charge in [0.15, 0.2) is 0 Å². The number of amides is 2. The van der Waals surface area contributed by atoms with Crippen LogP contribution in [-0.2, 0) is 9.53 Å². The molecule has 1 unspecified atom stereocenters. The topological polar surface area (TPSA) is 79.9 Å². The van der Waals surface area contributed by atoms with Gasteiger partial charge in [0, 0.05) is 57.9 Å². The van der Waals surface area contributed by atoms with Crippen LogP contribution in [0.1, 0.15) is 54.9 Å². The normalized spacial score (nSPS) is 19.6. The van der Waals surface area contributed by atoms with Gasteiger partial charge in [0.25, 0.3) is 5.91 Å². The maximum atomic E-state index is 13.6. The molecule has 0 aromatic heterocycles. The van der Waals surface area contributed by atoms with E-state index in [4.69, 9.17) is 21.1 Å². The van der Waals surface area contributed by atoms with Crippen LogP contribution in [0.3, 0.4) is 0 Å². The summed E-state index contributed by atoms with van der Waals surface area (Å²) in [6.45, 7) is 7.99. The zero-order valence-corrected chi connectivity index (χ0v) is 24.1. The van der Waals surface area contributed by atoms with E-state index >= 15 is 0 Å². The van der Waals surface area contributed by atoms with Crippen LogP contribution in [0.25, 0.3) is 0 Å². The molecule has 1 aliphatic heterocycles. The third-order valence-corrected chi connectivity index (χ3v) is 8.11. The molecule has 4 rings (SSSR count). The van der Waals surface area contributed by atoms with E-state index in [2.05, 4.69) is 22.8 Å². The highest BCUT2D eigenvalue weighted by Gasteiger charge is 2.38. The summed E-state index contributed by atoms with van der Waals surface area (Å²) in [5, 5.41) is 7.22. The van der Waals surface area contributed by atoms with Gasteiger partial charge in [-0.1, -0.05) is 41.9 Å². The van der Waals surface area contributed by atoms with Crippen LogP contribution in [0.15, 0.2) is 48.5 Å². The van der Waals surface area contributed by atoms with E-state index in [1.807, 2.05) is 36.9 Å². The van der Waals surface area contributed by atoms with Crippen molar-refractivity contribution in [1.29, 1.82) is 0 Å². The maximum Gasteiger partial charge on any atom is 0.254 e. The second-order valence-corrected chi connectivity index (χ2v) is 11.4. The van der Waals surface area contributed by atoms with E-state index in [1.165, 1.54) is 0 Å². The molecule has 212 valence electrons. The molecule has 2 aromatic rings. The zero-order valence-electron chi connectivity index (χ0n) is 23.3. The molecule has 2 N–H and O–H groups in total. The van der Waals surface area contributed by atoms with Crippen molar-refractivity contribution in [2.45, 2.75) is 45.1 Å². The molecule has 2 aliphatic rings. The molecule has 1 aliphatic carbocycles. The van der Waals surface area contributed by atoms with Crippen LogP contribution in [-0.4, -0.2) is 69.3 Å². The van der Waals surface area contributed by atoms with Crippen LogP contribution >= 0.6 is 11.6 Å². The number of carbonyl (C=O) groups excluding carboxylic acids is 2. The summed E-state index contributed by atoms with van der Waals surface area (Å²) in [6, 6.07) is 15.3. The number of ether oxygens (including phenoxy) is 2. The third kappa shape index (κ3) is 7.96. The number of halogens is 1. The van der Waals surface area contributed by atoms with Gasteiger partial charge in [-0.2, -0.15) is 0 Å². The van der Waals surface area contributed by atoms with Crippen molar-refractivity contribution in [3.63, 3.8) is 0 Å². The number of nitrogens with zero attached hydrogens (tertiary/aromatic N) is 1. The van der Waals surface area contributed by atoms with Crippen LogP contribution in [0, 0.1) is 17.8 Å². The molecule has 7 nitrogen and oxygen atoms in total. The fraction of sp³-hybridized carbons (Fsp3) is 0.548. The largest absolute Gasteiger partial charge is 0.492 e. The number of carbonyl (C=O) groups is 2. The van der Waals surface area contributed by atoms with E-state index in [-0.39, 0.29) is 35.6 Å². The smallest absolute Gasteiger partial charge is 0.254 e. The molecule has 1 saturated heterocycles. The average molecular weight is 556 g/mol. The standard InChI is InChI=1S/C31H42ClN3O4/c1-21(2)35(31(37)24-12-13-27(32)28(16-24)39-15-7-14-38-3)20-26-18-33-17-25(26)19-34-30(36)29(23-10-11-23)22-8-5-4-6-9-22/h4-6,8-9,12-13,16,21,23,25-26,29,33H,7,10-11,14-15,17-20H2,1-3H3,(H,34,36)/t25-,26+,29?/m1/s1. The lowest BCUT2D eigenvalue weighted by Gasteiger charge is -2.32. The van der Waals surface area contributed by atoms with Gasteiger partial charge in [0.05, 0.1) is 17.5 Å². The highest BCUT2D eigenvalue weighted by Crippen LogP contribution is 2.42. The second-order valence-electron chi connectivity index (χ2n) is 11.0. The van der Waals surface area contributed by atoms with E-state index in [0.717, 1.165) is 37.9 Å². The molecule has 0 radical (unpaired) electrons. The number of methoxy groups -OCH3 is 1. The molecule has 2 amide bonds. The van der Waals surface area contributed by atoms with Crippen LogP contribution in [0.5, 0.6) is 5.75 Å². The molecule has 39 heavy (non-hydrogen) atoms. The molecule has 3 atom stereocenters. The van der Waals surface area contributed by atoms with Crippen molar-refractivity contribution >= 4 is 23.4 Å². The van der Waals surface area contributed by atoms with E-state index < -0.39 is 0 Å². The molecule has 0 bridgehead atoms. The van der Waals surface area contributed by atoms with Crippen molar-refractivity contribution in [1.82, 2.24) is 15.5 Å². The van der Waals surface area contributed by atoms with Gasteiger partial charge in [-0.3, -0.25) is 9.59 Å². The molecular weight excluding hydrogens is 514 g/mol. The SMILES string of the molecule is COCCCOc1cc(C(=O)N(C[C@@H]2CNC[C@@H]2CNC(=O)C(c2ccccc2)C2CC2)C(C)C)ccc1Cl.